The molecule has 1 saturated heterocycles. The summed E-state index contributed by atoms with van der Waals surface area (Å²) in [5, 5.41) is 16.2. The quantitative estimate of drug-likeness (QED) is 0.354. The van der Waals surface area contributed by atoms with Gasteiger partial charge in [-0.25, -0.2) is 0 Å². The maximum absolute atomic E-state index is 11.6. The van der Waals surface area contributed by atoms with Crippen molar-refractivity contribution in [2.45, 2.75) is 71.6 Å². The lowest BCUT2D eigenvalue weighted by Gasteiger charge is -2.36. The Bertz CT molecular complexity index is 678. The average molecular weight is 414 g/mol. The number of hydrogen-bond donors (Lipinski definition) is 0. The van der Waals surface area contributed by atoms with Crippen LogP contribution in [0.2, 0.25) is 18.1 Å². The monoisotopic (exact) mass is 413 g/mol. The first-order valence-electron chi connectivity index (χ1n) is 10.0. The zero-order chi connectivity index (χ0) is 21.1. The van der Waals surface area contributed by atoms with E-state index >= 15 is 0 Å². The van der Waals surface area contributed by atoms with E-state index < -0.39 is 13.2 Å². The Morgan fingerprint density at radius 2 is 1.93 bits per heavy atom. The predicted octanol–water partition coefficient (Wildman–Crippen LogP) is 4.49. The summed E-state index contributed by atoms with van der Waals surface area (Å²) in [6.45, 7) is 17.0. The number of rotatable bonds is 8. The third-order valence-corrected chi connectivity index (χ3v) is 10.3. The van der Waals surface area contributed by atoms with E-state index in [1.54, 1.807) is 11.6 Å². The van der Waals surface area contributed by atoms with Gasteiger partial charge in [-0.3, -0.25) is 14.8 Å². The van der Waals surface area contributed by atoms with Crippen LogP contribution < -0.4 is 4.74 Å². The summed E-state index contributed by atoms with van der Waals surface area (Å²) in [6.07, 6.45) is 1.60. The lowest BCUT2D eigenvalue weighted by atomic mass is 10.1. The van der Waals surface area contributed by atoms with Gasteiger partial charge in [-0.15, -0.1) is 5.10 Å². The van der Waals surface area contributed by atoms with Gasteiger partial charge in [-0.1, -0.05) is 27.7 Å². The van der Waals surface area contributed by atoms with Crippen molar-refractivity contribution in [3.63, 3.8) is 0 Å². The average Bonchev–Trinajstić information content (AvgIpc) is 2.94. The largest absolute Gasteiger partial charge is 0.471 e. The van der Waals surface area contributed by atoms with Gasteiger partial charge in [0, 0.05) is 25.7 Å². The molecule has 0 saturated carbocycles. The van der Waals surface area contributed by atoms with Gasteiger partial charge in [0.05, 0.1) is 17.6 Å². The first kappa shape index (κ1) is 22.8. The summed E-state index contributed by atoms with van der Waals surface area (Å²) < 4.78 is 19.2. The second kappa shape index (κ2) is 8.92. The number of ether oxygens (including phenoxy) is 2. The molecule has 0 aromatic carbocycles. The van der Waals surface area contributed by atoms with E-state index in [1.807, 2.05) is 6.92 Å². The van der Waals surface area contributed by atoms with Gasteiger partial charge in [-0.2, -0.15) is 0 Å². The van der Waals surface area contributed by atoms with E-state index in [0.717, 1.165) is 12.8 Å². The van der Waals surface area contributed by atoms with Crippen molar-refractivity contribution in [3.8, 4) is 5.88 Å². The standard InChI is InChI=1S/C19H35N3O5Si/c1-14(13-27-28(6,7)19(3,4)5)12-26-18-17(22(23)24)15(2)21(20-18)16-8-10-25-11-9-16/h14,16H,8-13H2,1-7H3/t14-/m0/s1. The fraction of sp³-hybridized carbons (Fsp3) is 0.842. The summed E-state index contributed by atoms with van der Waals surface area (Å²) in [5.41, 5.74) is 0.501. The number of aromatic nitrogens is 2. The smallest absolute Gasteiger partial charge is 0.352 e. The molecule has 0 N–H and O–H groups in total. The predicted molar refractivity (Wildman–Crippen MR) is 111 cm³/mol. The molecule has 0 radical (unpaired) electrons. The van der Waals surface area contributed by atoms with E-state index in [2.05, 4.69) is 39.0 Å². The van der Waals surface area contributed by atoms with Crippen LogP contribution >= 0.6 is 0 Å². The SMILES string of the molecule is Cc1c([N+](=O)[O-])c(OC[C@H](C)CO[Si](C)(C)C(C)(C)C)nn1C1CCOCC1. The molecule has 160 valence electrons. The Labute approximate surface area is 168 Å². The summed E-state index contributed by atoms with van der Waals surface area (Å²) in [4.78, 5) is 11.2. The fourth-order valence-electron chi connectivity index (χ4n) is 2.91. The highest BCUT2D eigenvalue weighted by molar-refractivity contribution is 6.74. The Morgan fingerprint density at radius 1 is 1.32 bits per heavy atom. The van der Waals surface area contributed by atoms with Crippen molar-refractivity contribution in [1.82, 2.24) is 9.78 Å². The molecule has 1 aromatic heterocycles. The molecule has 0 spiro atoms. The van der Waals surface area contributed by atoms with Crippen molar-refractivity contribution in [1.29, 1.82) is 0 Å². The molecular weight excluding hydrogens is 378 g/mol. The van der Waals surface area contributed by atoms with Gasteiger partial charge >= 0.3 is 11.6 Å². The molecule has 1 fully saturated rings. The van der Waals surface area contributed by atoms with Crippen LogP contribution in [0.4, 0.5) is 5.69 Å². The molecule has 1 atom stereocenters. The molecule has 2 rings (SSSR count). The molecule has 1 aliphatic rings. The summed E-state index contributed by atoms with van der Waals surface area (Å²) in [5.74, 6) is 0.218. The van der Waals surface area contributed by atoms with Crippen molar-refractivity contribution < 1.29 is 18.8 Å². The Morgan fingerprint density at radius 3 is 2.46 bits per heavy atom. The Kier molecular flexibility index (Phi) is 7.27. The molecular formula is C19H35N3O5Si. The maximum Gasteiger partial charge on any atom is 0.352 e. The molecule has 0 bridgehead atoms. The second-order valence-electron chi connectivity index (χ2n) is 9.27. The van der Waals surface area contributed by atoms with E-state index in [-0.39, 0.29) is 28.6 Å². The number of nitro groups is 1. The molecule has 0 amide bonds. The van der Waals surface area contributed by atoms with Crippen LogP contribution in [0.25, 0.3) is 0 Å². The van der Waals surface area contributed by atoms with E-state index in [9.17, 15) is 10.1 Å². The molecule has 0 aliphatic carbocycles. The van der Waals surface area contributed by atoms with Crippen LogP contribution in [0.5, 0.6) is 5.88 Å². The highest BCUT2D eigenvalue weighted by Crippen LogP contribution is 2.37. The van der Waals surface area contributed by atoms with Gasteiger partial charge in [0.25, 0.3) is 0 Å². The van der Waals surface area contributed by atoms with Gasteiger partial charge in [0.2, 0.25) is 0 Å². The zero-order valence-electron chi connectivity index (χ0n) is 18.3. The molecule has 2 heterocycles. The summed E-state index contributed by atoms with van der Waals surface area (Å²) >= 11 is 0. The first-order chi connectivity index (χ1) is 12.9. The summed E-state index contributed by atoms with van der Waals surface area (Å²) in [6, 6.07) is 0.115. The van der Waals surface area contributed by atoms with Crippen LogP contribution in [0, 0.1) is 23.0 Å². The van der Waals surface area contributed by atoms with Crippen LogP contribution in [0.15, 0.2) is 0 Å². The number of nitrogens with zero attached hydrogens (tertiary/aromatic N) is 3. The van der Waals surface area contributed by atoms with E-state index in [4.69, 9.17) is 13.9 Å². The van der Waals surface area contributed by atoms with E-state index in [1.165, 1.54) is 0 Å². The topological polar surface area (TPSA) is 88.7 Å². The Balaban J connectivity index is 2.04. The third kappa shape index (κ3) is 5.33. The van der Waals surface area contributed by atoms with Crippen LogP contribution in [0.1, 0.15) is 52.3 Å². The minimum atomic E-state index is -1.83. The highest BCUT2D eigenvalue weighted by atomic mass is 28.4. The van der Waals surface area contributed by atoms with Gasteiger partial charge in [0.1, 0.15) is 5.69 Å². The van der Waals surface area contributed by atoms with Crippen LogP contribution in [-0.2, 0) is 9.16 Å². The van der Waals surface area contributed by atoms with E-state index in [0.29, 0.717) is 32.1 Å². The summed E-state index contributed by atoms with van der Waals surface area (Å²) in [7, 11) is -1.83. The first-order valence-corrected chi connectivity index (χ1v) is 12.9. The molecule has 8 nitrogen and oxygen atoms in total. The minimum Gasteiger partial charge on any atom is -0.471 e. The number of hydrogen-bond acceptors (Lipinski definition) is 6. The minimum absolute atomic E-state index is 0.0380. The third-order valence-electron chi connectivity index (χ3n) is 5.85. The normalized spacial score (nSPS) is 17.5. The highest BCUT2D eigenvalue weighted by Gasteiger charge is 2.37. The van der Waals surface area contributed by atoms with Crippen molar-refractivity contribution in [2.24, 2.45) is 5.92 Å². The molecule has 0 unspecified atom stereocenters. The van der Waals surface area contributed by atoms with Gasteiger partial charge in [-0.05, 0) is 37.9 Å². The van der Waals surface area contributed by atoms with Crippen molar-refractivity contribution >= 4 is 14.0 Å². The fourth-order valence-corrected chi connectivity index (χ4v) is 4.05. The zero-order valence-corrected chi connectivity index (χ0v) is 19.3. The van der Waals surface area contributed by atoms with Gasteiger partial charge in [0.15, 0.2) is 8.32 Å². The lowest BCUT2D eigenvalue weighted by Crippen LogP contribution is -2.42. The van der Waals surface area contributed by atoms with Crippen LogP contribution in [-0.4, -0.2) is 49.4 Å². The van der Waals surface area contributed by atoms with Crippen LogP contribution in [0.3, 0.4) is 0 Å². The molecule has 1 aromatic rings. The lowest BCUT2D eigenvalue weighted by molar-refractivity contribution is -0.386. The second-order valence-corrected chi connectivity index (χ2v) is 14.1. The van der Waals surface area contributed by atoms with Gasteiger partial charge < -0.3 is 13.9 Å². The van der Waals surface area contributed by atoms with Crippen molar-refractivity contribution in [2.75, 3.05) is 26.4 Å². The molecule has 9 heteroatoms. The van der Waals surface area contributed by atoms with Crippen molar-refractivity contribution in [3.05, 3.63) is 15.8 Å². The molecule has 28 heavy (non-hydrogen) atoms. The maximum atomic E-state index is 11.6. The Hall–Kier alpha value is -1.45. The molecule has 1 aliphatic heterocycles.